The molecule has 1 N–H and O–H groups in total. The van der Waals surface area contributed by atoms with Gasteiger partial charge in [0.1, 0.15) is 0 Å². The SMILES string of the molecule is COCC(O)CSc1ncccn1. The molecule has 0 spiro atoms. The summed E-state index contributed by atoms with van der Waals surface area (Å²) >= 11 is 1.42. The molecule has 1 aromatic rings. The molecule has 0 aliphatic carbocycles. The first-order valence-electron chi connectivity index (χ1n) is 3.89. The fourth-order valence-corrected chi connectivity index (χ4v) is 1.48. The van der Waals surface area contributed by atoms with Crippen LogP contribution in [0, 0.1) is 0 Å². The summed E-state index contributed by atoms with van der Waals surface area (Å²) in [5, 5.41) is 9.99. The van der Waals surface area contributed by atoms with Gasteiger partial charge < -0.3 is 9.84 Å². The van der Waals surface area contributed by atoms with Crippen molar-refractivity contribution >= 4 is 11.8 Å². The standard InChI is InChI=1S/C8H12N2O2S/c1-12-5-7(11)6-13-8-9-3-2-4-10-8/h2-4,7,11H,5-6H2,1H3. The summed E-state index contributed by atoms with van der Waals surface area (Å²) in [6.45, 7) is 0.347. The van der Waals surface area contributed by atoms with Gasteiger partial charge in [-0.15, -0.1) is 0 Å². The normalized spacial score (nSPS) is 12.8. The molecule has 4 nitrogen and oxygen atoms in total. The van der Waals surface area contributed by atoms with Gasteiger partial charge >= 0.3 is 0 Å². The highest BCUT2D eigenvalue weighted by atomic mass is 32.2. The number of methoxy groups -OCH3 is 1. The van der Waals surface area contributed by atoms with Gasteiger partial charge in [-0.05, 0) is 6.07 Å². The van der Waals surface area contributed by atoms with Crippen LogP contribution in [0.3, 0.4) is 0 Å². The molecule has 0 saturated carbocycles. The maximum atomic E-state index is 9.31. The first-order valence-corrected chi connectivity index (χ1v) is 4.88. The Morgan fingerprint density at radius 2 is 2.23 bits per heavy atom. The first-order chi connectivity index (χ1) is 6.33. The number of ether oxygens (including phenoxy) is 1. The molecule has 0 bridgehead atoms. The zero-order valence-corrected chi connectivity index (χ0v) is 8.20. The van der Waals surface area contributed by atoms with Crippen LogP contribution in [-0.4, -0.2) is 40.6 Å². The van der Waals surface area contributed by atoms with E-state index in [1.54, 1.807) is 25.6 Å². The number of hydrogen-bond donors (Lipinski definition) is 1. The van der Waals surface area contributed by atoms with Gasteiger partial charge in [-0.3, -0.25) is 0 Å². The fraction of sp³-hybridized carbons (Fsp3) is 0.500. The maximum absolute atomic E-state index is 9.31. The Kier molecular flexibility index (Phi) is 4.74. The summed E-state index contributed by atoms with van der Waals surface area (Å²) in [7, 11) is 1.56. The van der Waals surface area contributed by atoms with E-state index in [0.717, 1.165) is 0 Å². The van der Waals surface area contributed by atoms with Crippen LogP contribution in [0.15, 0.2) is 23.6 Å². The minimum Gasteiger partial charge on any atom is -0.390 e. The van der Waals surface area contributed by atoms with E-state index in [1.807, 2.05) is 0 Å². The van der Waals surface area contributed by atoms with Gasteiger partial charge in [0.15, 0.2) is 5.16 Å². The molecular weight excluding hydrogens is 188 g/mol. The van der Waals surface area contributed by atoms with Crippen molar-refractivity contribution in [2.75, 3.05) is 19.5 Å². The number of rotatable bonds is 5. The summed E-state index contributed by atoms with van der Waals surface area (Å²) in [6, 6.07) is 1.76. The number of thioether (sulfide) groups is 1. The Labute approximate surface area is 81.4 Å². The lowest BCUT2D eigenvalue weighted by atomic mass is 10.4. The summed E-state index contributed by atoms with van der Waals surface area (Å²) in [5.41, 5.74) is 0. The number of aromatic nitrogens is 2. The Hall–Kier alpha value is -0.650. The molecule has 1 atom stereocenters. The van der Waals surface area contributed by atoms with Gasteiger partial charge in [0.05, 0.1) is 12.7 Å². The predicted octanol–water partition coefficient (Wildman–Crippen LogP) is 0.576. The van der Waals surface area contributed by atoms with E-state index in [1.165, 1.54) is 11.8 Å². The minimum atomic E-state index is -0.459. The van der Waals surface area contributed by atoms with Crippen LogP contribution < -0.4 is 0 Å². The second kappa shape index (κ2) is 5.90. The zero-order chi connectivity index (χ0) is 9.52. The molecule has 0 aliphatic rings. The van der Waals surface area contributed by atoms with E-state index in [0.29, 0.717) is 17.5 Å². The number of nitrogens with zero attached hydrogens (tertiary/aromatic N) is 2. The van der Waals surface area contributed by atoms with Crippen LogP contribution in [0.25, 0.3) is 0 Å². The lowest BCUT2D eigenvalue weighted by Crippen LogP contribution is -2.16. The Bertz CT molecular complexity index is 233. The van der Waals surface area contributed by atoms with Gasteiger partial charge in [-0.2, -0.15) is 0 Å². The highest BCUT2D eigenvalue weighted by Crippen LogP contribution is 2.12. The molecule has 0 radical (unpaired) electrons. The maximum Gasteiger partial charge on any atom is 0.187 e. The largest absolute Gasteiger partial charge is 0.390 e. The predicted molar refractivity (Wildman–Crippen MR) is 50.6 cm³/mol. The van der Waals surface area contributed by atoms with Crippen LogP contribution in [0.2, 0.25) is 0 Å². The van der Waals surface area contributed by atoms with Crippen LogP contribution in [0.4, 0.5) is 0 Å². The molecule has 1 heterocycles. The Morgan fingerprint density at radius 3 is 2.85 bits per heavy atom. The van der Waals surface area contributed by atoms with Gasteiger partial charge in [0.25, 0.3) is 0 Å². The average Bonchev–Trinajstić information content (AvgIpc) is 2.17. The molecule has 72 valence electrons. The number of aliphatic hydroxyl groups excluding tert-OH is 1. The van der Waals surface area contributed by atoms with Crippen molar-refractivity contribution in [1.82, 2.24) is 9.97 Å². The van der Waals surface area contributed by atoms with Crippen molar-refractivity contribution in [3.63, 3.8) is 0 Å². The van der Waals surface area contributed by atoms with E-state index in [-0.39, 0.29) is 0 Å². The zero-order valence-electron chi connectivity index (χ0n) is 7.38. The Morgan fingerprint density at radius 1 is 1.54 bits per heavy atom. The summed E-state index contributed by atoms with van der Waals surface area (Å²) in [4.78, 5) is 8.02. The van der Waals surface area contributed by atoms with Crippen molar-refractivity contribution in [1.29, 1.82) is 0 Å². The van der Waals surface area contributed by atoms with E-state index in [9.17, 15) is 5.11 Å². The quantitative estimate of drug-likeness (QED) is 0.556. The molecule has 0 aromatic carbocycles. The Balaban J connectivity index is 2.27. The molecule has 13 heavy (non-hydrogen) atoms. The third-order valence-corrected chi connectivity index (χ3v) is 2.33. The third-order valence-electron chi connectivity index (χ3n) is 1.31. The van der Waals surface area contributed by atoms with Crippen LogP contribution in [0.5, 0.6) is 0 Å². The van der Waals surface area contributed by atoms with E-state index < -0.39 is 6.10 Å². The third kappa shape index (κ3) is 4.21. The van der Waals surface area contributed by atoms with E-state index in [2.05, 4.69) is 9.97 Å². The highest BCUT2D eigenvalue weighted by Gasteiger charge is 2.04. The van der Waals surface area contributed by atoms with Crippen molar-refractivity contribution < 1.29 is 9.84 Å². The van der Waals surface area contributed by atoms with Gasteiger partial charge in [0.2, 0.25) is 0 Å². The molecular formula is C8H12N2O2S. The molecule has 0 amide bonds. The molecule has 0 saturated heterocycles. The van der Waals surface area contributed by atoms with E-state index >= 15 is 0 Å². The van der Waals surface area contributed by atoms with Crippen LogP contribution in [-0.2, 0) is 4.74 Å². The van der Waals surface area contributed by atoms with Gasteiger partial charge in [-0.25, -0.2) is 9.97 Å². The summed E-state index contributed by atoms with van der Waals surface area (Å²) in [6.07, 6.45) is 2.90. The highest BCUT2D eigenvalue weighted by molar-refractivity contribution is 7.99. The number of aliphatic hydroxyl groups is 1. The molecule has 1 unspecified atom stereocenters. The van der Waals surface area contributed by atoms with Crippen molar-refractivity contribution in [3.8, 4) is 0 Å². The first kappa shape index (κ1) is 10.4. The van der Waals surface area contributed by atoms with Gasteiger partial charge in [-0.1, -0.05) is 11.8 Å². The number of hydrogen-bond acceptors (Lipinski definition) is 5. The topological polar surface area (TPSA) is 55.2 Å². The lowest BCUT2D eigenvalue weighted by Gasteiger charge is -2.06. The molecule has 0 aliphatic heterocycles. The second-order valence-electron chi connectivity index (χ2n) is 2.45. The summed E-state index contributed by atoms with van der Waals surface area (Å²) < 4.78 is 4.79. The van der Waals surface area contributed by atoms with Crippen molar-refractivity contribution in [2.45, 2.75) is 11.3 Å². The monoisotopic (exact) mass is 200 g/mol. The van der Waals surface area contributed by atoms with Crippen molar-refractivity contribution in [2.24, 2.45) is 0 Å². The lowest BCUT2D eigenvalue weighted by molar-refractivity contribution is 0.0794. The smallest absolute Gasteiger partial charge is 0.187 e. The van der Waals surface area contributed by atoms with Crippen LogP contribution in [0.1, 0.15) is 0 Å². The molecule has 5 heteroatoms. The van der Waals surface area contributed by atoms with Gasteiger partial charge in [0, 0.05) is 25.3 Å². The molecule has 1 aromatic heterocycles. The minimum absolute atomic E-state index is 0.347. The molecule has 0 fully saturated rings. The average molecular weight is 200 g/mol. The van der Waals surface area contributed by atoms with E-state index in [4.69, 9.17) is 4.74 Å². The molecule has 1 rings (SSSR count). The van der Waals surface area contributed by atoms with Crippen molar-refractivity contribution in [3.05, 3.63) is 18.5 Å². The summed E-state index contributed by atoms with van der Waals surface area (Å²) in [5.74, 6) is 0.553. The second-order valence-corrected chi connectivity index (χ2v) is 3.44. The fourth-order valence-electron chi connectivity index (χ4n) is 0.771. The van der Waals surface area contributed by atoms with Crippen LogP contribution >= 0.6 is 11.8 Å².